The molecule has 1 N–H and O–H groups in total. The average Bonchev–Trinajstić information content (AvgIpc) is 2.14. The third-order valence-corrected chi connectivity index (χ3v) is 4.62. The molecule has 2 unspecified atom stereocenters. The summed E-state index contributed by atoms with van der Waals surface area (Å²) in [7, 11) is 0. The van der Waals surface area contributed by atoms with Crippen molar-refractivity contribution in [1.29, 1.82) is 0 Å². The number of ether oxygens (including phenoxy) is 1. The van der Waals surface area contributed by atoms with Crippen molar-refractivity contribution in [2.24, 2.45) is 5.41 Å². The molecule has 0 spiro atoms. The van der Waals surface area contributed by atoms with E-state index in [1.165, 1.54) is 18.6 Å². The van der Waals surface area contributed by atoms with Gasteiger partial charge in [-0.25, -0.2) is 0 Å². The van der Waals surface area contributed by atoms with Crippen LogP contribution >= 0.6 is 11.8 Å². The fraction of sp³-hybridized carbons (Fsp3) is 1.00. The van der Waals surface area contributed by atoms with Crippen molar-refractivity contribution in [1.82, 2.24) is 5.32 Å². The minimum absolute atomic E-state index is 0.424. The Morgan fingerprint density at radius 3 is 2.71 bits per heavy atom. The lowest BCUT2D eigenvalue weighted by molar-refractivity contribution is -0.0999. The highest BCUT2D eigenvalue weighted by atomic mass is 32.2. The lowest BCUT2D eigenvalue weighted by Crippen LogP contribution is -2.50. The van der Waals surface area contributed by atoms with E-state index in [1.807, 2.05) is 0 Å². The van der Waals surface area contributed by atoms with Crippen LogP contribution in [0.1, 0.15) is 26.7 Å². The number of thioether (sulfide) groups is 1. The quantitative estimate of drug-likeness (QED) is 0.777. The molecule has 3 heteroatoms. The van der Waals surface area contributed by atoms with Crippen LogP contribution in [0, 0.1) is 5.41 Å². The second kappa shape index (κ2) is 4.42. The summed E-state index contributed by atoms with van der Waals surface area (Å²) in [6.07, 6.45) is 2.72. The van der Waals surface area contributed by atoms with Gasteiger partial charge in [-0.1, -0.05) is 13.8 Å². The highest BCUT2D eigenvalue weighted by Gasteiger charge is 2.33. The molecule has 0 saturated carbocycles. The van der Waals surface area contributed by atoms with Crippen molar-refractivity contribution in [2.45, 2.75) is 38.0 Å². The maximum absolute atomic E-state index is 5.25. The van der Waals surface area contributed by atoms with Gasteiger partial charge in [-0.15, -0.1) is 0 Å². The SMILES string of the molecule is CC1CCC(NCC2(C)COC2)CS1. The fourth-order valence-electron chi connectivity index (χ4n) is 1.99. The minimum atomic E-state index is 0.424. The minimum Gasteiger partial charge on any atom is -0.380 e. The van der Waals surface area contributed by atoms with Crippen LogP contribution < -0.4 is 5.32 Å². The fourth-order valence-corrected chi connectivity index (χ4v) is 3.14. The number of hydrogen-bond donors (Lipinski definition) is 1. The molecule has 2 heterocycles. The van der Waals surface area contributed by atoms with Crippen LogP contribution in [0.3, 0.4) is 0 Å². The molecule has 0 aromatic rings. The molecule has 2 aliphatic rings. The van der Waals surface area contributed by atoms with Gasteiger partial charge in [0, 0.05) is 29.0 Å². The van der Waals surface area contributed by atoms with Gasteiger partial charge < -0.3 is 10.1 Å². The summed E-state index contributed by atoms with van der Waals surface area (Å²) in [6, 6.07) is 0.744. The molecule has 2 fully saturated rings. The Morgan fingerprint density at radius 2 is 2.21 bits per heavy atom. The Kier molecular flexibility index (Phi) is 3.40. The van der Waals surface area contributed by atoms with E-state index in [0.717, 1.165) is 31.1 Å². The van der Waals surface area contributed by atoms with E-state index < -0.39 is 0 Å². The van der Waals surface area contributed by atoms with Crippen molar-refractivity contribution in [3.63, 3.8) is 0 Å². The van der Waals surface area contributed by atoms with Gasteiger partial charge in [0.15, 0.2) is 0 Å². The predicted molar refractivity (Wildman–Crippen MR) is 61.9 cm³/mol. The first-order valence-electron chi connectivity index (χ1n) is 5.61. The van der Waals surface area contributed by atoms with Crippen LogP contribution in [-0.4, -0.2) is 36.8 Å². The van der Waals surface area contributed by atoms with Gasteiger partial charge in [0.25, 0.3) is 0 Å². The number of hydrogen-bond acceptors (Lipinski definition) is 3. The Labute approximate surface area is 91.2 Å². The number of rotatable bonds is 3. The van der Waals surface area contributed by atoms with Gasteiger partial charge in [-0.3, -0.25) is 0 Å². The molecule has 82 valence electrons. The van der Waals surface area contributed by atoms with Gasteiger partial charge in [0.1, 0.15) is 0 Å². The molecule has 0 aliphatic carbocycles. The van der Waals surface area contributed by atoms with Gasteiger partial charge in [-0.2, -0.15) is 11.8 Å². The zero-order valence-corrected chi connectivity index (χ0v) is 10.0. The molecule has 2 atom stereocenters. The van der Waals surface area contributed by atoms with E-state index in [1.54, 1.807) is 0 Å². The van der Waals surface area contributed by atoms with E-state index in [0.29, 0.717) is 5.41 Å². The molecule has 2 aliphatic heterocycles. The van der Waals surface area contributed by atoms with Crippen LogP contribution in [0.2, 0.25) is 0 Å². The van der Waals surface area contributed by atoms with Crippen molar-refractivity contribution >= 4 is 11.8 Å². The standard InChI is InChI=1S/C11H21NOS/c1-9-3-4-10(5-14-9)12-6-11(2)7-13-8-11/h9-10,12H,3-8H2,1-2H3. The smallest absolute Gasteiger partial charge is 0.0554 e. The molecule has 0 aromatic carbocycles. The zero-order chi connectivity index (χ0) is 10.0. The van der Waals surface area contributed by atoms with Gasteiger partial charge in [0.2, 0.25) is 0 Å². The second-order valence-corrected chi connectivity index (χ2v) is 6.57. The van der Waals surface area contributed by atoms with Gasteiger partial charge in [-0.05, 0) is 12.8 Å². The summed E-state index contributed by atoms with van der Waals surface area (Å²) in [4.78, 5) is 0. The molecular formula is C11H21NOS. The Bertz CT molecular complexity index is 186. The molecule has 0 bridgehead atoms. The highest BCUT2D eigenvalue weighted by Crippen LogP contribution is 2.28. The van der Waals surface area contributed by atoms with Crippen LogP contribution in [0.15, 0.2) is 0 Å². The highest BCUT2D eigenvalue weighted by molar-refractivity contribution is 7.99. The Morgan fingerprint density at radius 1 is 1.43 bits per heavy atom. The normalized spacial score (nSPS) is 36.4. The lowest BCUT2D eigenvalue weighted by Gasteiger charge is -2.40. The molecule has 2 saturated heterocycles. The third-order valence-electron chi connectivity index (χ3n) is 3.22. The van der Waals surface area contributed by atoms with Crippen LogP contribution in [0.25, 0.3) is 0 Å². The summed E-state index contributed by atoms with van der Waals surface area (Å²) in [5.74, 6) is 1.29. The Balaban J connectivity index is 1.65. The summed E-state index contributed by atoms with van der Waals surface area (Å²) in [5, 5.41) is 4.55. The van der Waals surface area contributed by atoms with Crippen molar-refractivity contribution in [2.75, 3.05) is 25.5 Å². The monoisotopic (exact) mass is 215 g/mol. The number of nitrogens with one attached hydrogen (secondary N) is 1. The maximum Gasteiger partial charge on any atom is 0.0554 e. The molecule has 14 heavy (non-hydrogen) atoms. The van der Waals surface area contributed by atoms with E-state index >= 15 is 0 Å². The molecule has 2 nitrogen and oxygen atoms in total. The largest absolute Gasteiger partial charge is 0.380 e. The molecule has 2 rings (SSSR count). The van der Waals surface area contributed by atoms with E-state index in [4.69, 9.17) is 4.74 Å². The predicted octanol–water partition coefficient (Wildman–Crippen LogP) is 1.90. The molecule has 0 radical (unpaired) electrons. The lowest BCUT2D eigenvalue weighted by atomic mass is 9.88. The molecule has 0 amide bonds. The average molecular weight is 215 g/mol. The molecule has 0 aromatic heterocycles. The zero-order valence-electron chi connectivity index (χ0n) is 9.21. The van der Waals surface area contributed by atoms with Crippen molar-refractivity contribution in [3.8, 4) is 0 Å². The van der Waals surface area contributed by atoms with E-state index in [-0.39, 0.29) is 0 Å². The first-order chi connectivity index (χ1) is 6.68. The topological polar surface area (TPSA) is 21.3 Å². The Hall–Kier alpha value is 0.270. The summed E-state index contributed by atoms with van der Waals surface area (Å²) < 4.78 is 5.25. The van der Waals surface area contributed by atoms with E-state index in [2.05, 4.69) is 30.9 Å². The van der Waals surface area contributed by atoms with Crippen LogP contribution in [-0.2, 0) is 4.74 Å². The van der Waals surface area contributed by atoms with Crippen LogP contribution in [0.5, 0.6) is 0 Å². The maximum atomic E-state index is 5.25. The second-order valence-electron chi connectivity index (χ2n) is 5.10. The van der Waals surface area contributed by atoms with Gasteiger partial charge in [0.05, 0.1) is 13.2 Å². The summed E-state index contributed by atoms with van der Waals surface area (Å²) >= 11 is 2.11. The first kappa shape index (κ1) is 10.8. The van der Waals surface area contributed by atoms with E-state index in [9.17, 15) is 0 Å². The van der Waals surface area contributed by atoms with Gasteiger partial charge >= 0.3 is 0 Å². The molecular weight excluding hydrogens is 194 g/mol. The summed E-state index contributed by atoms with van der Waals surface area (Å²) in [6.45, 7) is 7.66. The van der Waals surface area contributed by atoms with Crippen molar-refractivity contribution < 1.29 is 4.74 Å². The first-order valence-corrected chi connectivity index (χ1v) is 6.66. The third kappa shape index (κ3) is 2.65. The van der Waals surface area contributed by atoms with Crippen molar-refractivity contribution in [3.05, 3.63) is 0 Å². The van der Waals surface area contributed by atoms with Crippen LogP contribution in [0.4, 0.5) is 0 Å². The summed E-state index contributed by atoms with van der Waals surface area (Å²) in [5.41, 5.74) is 0.424.